The minimum Gasteiger partial charge on any atom is -0.388 e. The van der Waals surface area contributed by atoms with E-state index >= 15 is 0 Å². The van der Waals surface area contributed by atoms with E-state index in [2.05, 4.69) is 22.2 Å². The number of rotatable bonds is 8. The van der Waals surface area contributed by atoms with Crippen molar-refractivity contribution in [3.05, 3.63) is 52.8 Å². The maximum atomic E-state index is 13.1. The summed E-state index contributed by atoms with van der Waals surface area (Å²) in [6, 6.07) is 3.39. The van der Waals surface area contributed by atoms with Gasteiger partial charge in [-0.05, 0) is 56.4 Å². The number of nitrogens with zero attached hydrogens (tertiary/aromatic N) is 2. The van der Waals surface area contributed by atoms with Crippen LogP contribution in [0.3, 0.4) is 0 Å². The highest BCUT2D eigenvalue weighted by molar-refractivity contribution is 5.97. The summed E-state index contributed by atoms with van der Waals surface area (Å²) in [5, 5.41) is 13.6. The number of hydrogen-bond acceptors (Lipinski definition) is 5. The number of alkyl halides is 2. The van der Waals surface area contributed by atoms with Crippen LogP contribution in [-0.2, 0) is 4.79 Å². The summed E-state index contributed by atoms with van der Waals surface area (Å²) in [6.07, 6.45) is 5.94. The van der Waals surface area contributed by atoms with Crippen molar-refractivity contribution in [1.82, 2.24) is 9.97 Å². The lowest BCUT2D eigenvalue weighted by molar-refractivity contribution is -0.119. The first-order valence-electron chi connectivity index (χ1n) is 11.5. The van der Waals surface area contributed by atoms with E-state index in [-0.39, 0.29) is 5.82 Å². The summed E-state index contributed by atoms with van der Waals surface area (Å²) in [5.41, 5.74) is 11.4. The number of aromatic nitrogens is 2. The second-order valence-corrected chi connectivity index (χ2v) is 8.73. The molecule has 0 bridgehead atoms. The molecule has 1 saturated carbocycles. The number of amides is 1. The van der Waals surface area contributed by atoms with Crippen molar-refractivity contribution < 1.29 is 18.7 Å². The first-order valence-corrected chi connectivity index (χ1v) is 11.5. The van der Waals surface area contributed by atoms with Gasteiger partial charge in [-0.1, -0.05) is 31.6 Å². The number of nitrogen functional groups attached to an aromatic ring is 1. The number of aliphatic hydroxyl groups excluding tert-OH is 1. The third kappa shape index (κ3) is 5.33. The number of carbonyl (C=O) groups is 1. The Labute approximate surface area is 198 Å². The molecule has 2 unspecified atom stereocenters. The number of carbonyl (C=O) groups excluding carboxylic acids is 1. The zero-order valence-electron chi connectivity index (χ0n) is 20.2. The Morgan fingerprint density at radius 2 is 2.03 bits per heavy atom. The van der Waals surface area contributed by atoms with Crippen LogP contribution in [0, 0.1) is 5.92 Å². The minimum atomic E-state index is -2.94. The van der Waals surface area contributed by atoms with Crippen LogP contribution in [0.15, 0.2) is 47.2 Å². The van der Waals surface area contributed by atoms with E-state index in [4.69, 9.17) is 5.73 Å². The number of allylic oxidation sites excluding steroid dienone is 4. The number of anilines is 2. The highest BCUT2D eigenvalue weighted by Gasteiger charge is 2.61. The van der Waals surface area contributed by atoms with E-state index in [1.165, 1.54) is 12.3 Å². The van der Waals surface area contributed by atoms with E-state index in [1.807, 2.05) is 45.9 Å². The van der Waals surface area contributed by atoms with Crippen LogP contribution in [0.1, 0.15) is 59.4 Å². The summed E-state index contributed by atoms with van der Waals surface area (Å²) < 4.78 is 26.3. The molecule has 0 saturated heterocycles. The summed E-state index contributed by atoms with van der Waals surface area (Å²) >= 11 is 0. The van der Waals surface area contributed by atoms with Crippen LogP contribution in [0.5, 0.6) is 0 Å². The van der Waals surface area contributed by atoms with Gasteiger partial charge in [0, 0.05) is 29.6 Å². The van der Waals surface area contributed by atoms with Gasteiger partial charge in [-0.3, -0.25) is 4.79 Å². The van der Waals surface area contributed by atoms with Crippen LogP contribution in [0.4, 0.5) is 20.4 Å². The number of halogens is 2. The highest BCUT2D eigenvalue weighted by Crippen LogP contribution is 2.49. The molecule has 2 heterocycles. The lowest BCUT2D eigenvalue weighted by Crippen LogP contribution is -2.18. The molecule has 0 aromatic carbocycles. The molecule has 182 valence electrons. The average Bonchev–Trinajstić information content (AvgIpc) is 3.45. The van der Waals surface area contributed by atoms with Gasteiger partial charge in [-0.15, -0.1) is 0 Å². The van der Waals surface area contributed by atoms with Crippen molar-refractivity contribution in [2.24, 2.45) is 5.92 Å². The van der Waals surface area contributed by atoms with Crippen molar-refractivity contribution in [2.75, 3.05) is 11.1 Å². The van der Waals surface area contributed by atoms with Crippen molar-refractivity contribution in [3.8, 4) is 0 Å². The van der Waals surface area contributed by atoms with Crippen molar-refractivity contribution in [1.29, 1.82) is 0 Å². The third-order valence-electron chi connectivity index (χ3n) is 6.27. The molecule has 34 heavy (non-hydrogen) atoms. The predicted molar refractivity (Wildman–Crippen MR) is 132 cm³/mol. The maximum absolute atomic E-state index is 13.1. The minimum absolute atomic E-state index is 0.153. The molecule has 8 heteroatoms. The van der Waals surface area contributed by atoms with E-state index in [0.717, 1.165) is 34.3 Å². The van der Waals surface area contributed by atoms with Crippen LogP contribution >= 0.6 is 0 Å². The Bertz CT molecular complexity index is 1200. The number of hydrogen-bond donors (Lipinski definition) is 3. The number of nitrogens with two attached hydrogens (primary N) is 1. The molecular formula is C26H32F2N4O2. The number of nitrogens with one attached hydrogen (secondary N) is 1. The van der Waals surface area contributed by atoms with Crippen molar-refractivity contribution >= 4 is 34.0 Å². The summed E-state index contributed by atoms with van der Waals surface area (Å²) in [5.74, 6) is -4.55. The molecule has 1 aliphatic carbocycles. The molecule has 1 fully saturated rings. The van der Waals surface area contributed by atoms with Crippen molar-refractivity contribution in [2.45, 2.75) is 65.9 Å². The second-order valence-electron chi connectivity index (χ2n) is 8.73. The van der Waals surface area contributed by atoms with E-state index in [1.54, 1.807) is 0 Å². The van der Waals surface area contributed by atoms with Gasteiger partial charge >= 0.3 is 0 Å². The Morgan fingerprint density at radius 1 is 1.35 bits per heavy atom. The van der Waals surface area contributed by atoms with Gasteiger partial charge in [0.25, 0.3) is 5.92 Å². The number of fused-ring (bicyclic) bond motifs is 1. The lowest BCUT2D eigenvalue weighted by Gasteiger charge is -2.17. The molecule has 4 N–H and O–H groups in total. The molecule has 0 spiro atoms. The summed E-state index contributed by atoms with van der Waals surface area (Å²) in [6.45, 7) is 9.90. The Kier molecular flexibility index (Phi) is 7.51. The Hall–Kier alpha value is -3.13. The number of aliphatic hydroxyl groups is 1. The van der Waals surface area contributed by atoms with Crippen LogP contribution in [0.2, 0.25) is 0 Å². The zero-order valence-corrected chi connectivity index (χ0v) is 20.2. The molecule has 2 aromatic rings. The van der Waals surface area contributed by atoms with Gasteiger partial charge in [0.1, 0.15) is 17.6 Å². The molecule has 0 aliphatic heterocycles. The van der Waals surface area contributed by atoms with Gasteiger partial charge in [-0.2, -0.15) is 0 Å². The molecule has 0 radical (unpaired) electrons. The fraction of sp³-hybridized carbons (Fsp3) is 0.423. The molecule has 6 nitrogen and oxygen atoms in total. The quantitative estimate of drug-likeness (QED) is 0.433. The summed E-state index contributed by atoms with van der Waals surface area (Å²) in [7, 11) is 0. The van der Waals surface area contributed by atoms with E-state index in [9.17, 15) is 18.7 Å². The standard InChI is InChI=1S/C26H32F2N4O2/c1-6-14(4)18(22(33)8-3)9-15(5)17(7-2)19-10-16-13-30-23(11-21(16)31-24(19)29)32-25(34)20-12-26(20,27)28/h7,9-11,13,20,22,33H,6,8,12H2,1-5H3,(H2,29,31)(H,30,32,34)/b15-9-,17-7+,18-14-. The van der Waals surface area contributed by atoms with Gasteiger partial charge < -0.3 is 16.2 Å². The Morgan fingerprint density at radius 3 is 2.59 bits per heavy atom. The maximum Gasteiger partial charge on any atom is 0.260 e. The van der Waals surface area contributed by atoms with Crippen LogP contribution in [0.25, 0.3) is 16.5 Å². The number of pyridine rings is 2. The first kappa shape index (κ1) is 25.5. The Balaban J connectivity index is 1.94. The van der Waals surface area contributed by atoms with Crippen molar-refractivity contribution in [3.63, 3.8) is 0 Å². The third-order valence-corrected chi connectivity index (χ3v) is 6.27. The van der Waals surface area contributed by atoms with Gasteiger partial charge in [0.05, 0.1) is 11.6 Å². The topological polar surface area (TPSA) is 101 Å². The molecular weight excluding hydrogens is 438 g/mol. The van der Waals surface area contributed by atoms with E-state index < -0.39 is 30.3 Å². The predicted octanol–water partition coefficient (Wildman–Crippen LogP) is 5.65. The molecule has 3 rings (SSSR count). The second kappa shape index (κ2) is 10.0. The SMILES string of the molecule is C\C=C(/C(C)=C\C(=C(/C)CC)C(O)CC)c1cc2cnc(NC(=O)C3CC3(F)F)cc2nc1N. The molecule has 2 aromatic heterocycles. The van der Waals surface area contributed by atoms with E-state index in [0.29, 0.717) is 23.1 Å². The fourth-order valence-corrected chi connectivity index (χ4v) is 3.91. The normalized spacial score (nSPS) is 19.6. The zero-order chi connectivity index (χ0) is 25.2. The van der Waals surface area contributed by atoms with Gasteiger partial charge in [0.2, 0.25) is 5.91 Å². The average molecular weight is 471 g/mol. The summed E-state index contributed by atoms with van der Waals surface area (Å²) in [4.78, 5) is 20.6. The first-order chi connectivity index (χ1) is 16.0. The molecule has 1 aliphatic rings. The molecule has 1 amide bonds. The smallest absolute Gasteiger partial charge is 0.260 e. The van der Waals surface area contributed by atoms with Crippen LogP contribution < -0.4 is 11.1 Å². The fourth-order valence-electron chi connectivity index (χ4n) is 3.91. The highest BCUT2D eigenvalue weighted by atomic mass is 19.3. The monoisotopic (exact) mass is 470 g/mol. The van der Waals surface area contributed by atoms with Gasteiger partial charge in [-0.25, -0.2) is 18.7 Å². The lowest BCUT2D eigenvalue weighted by atomic mass is 9.92. The van der Waals surface area contributed by atoms with Crippen LogP contribution in [-0.4, -0.2) is 33.0 Å². The largest absolute Gasteiger partial charge is 0.388 e. The van der Waals surface area contributed by atoms with Gasteiger partial charge in [0.15, 0.2) is 0 Å². The molecule has 2 atom stereocenters.